The molecule has 0 aromatic heterocycles. The molecule has 1 amide bonds. The average molecular weight is 374 g/mol. The van der Waals surface area contributed by atoms with Crippen LogP contribution in [-0.4, -0.2) is 28.8 Å². The van der Waals surface area contributed by atoms with Crippen molar-refractivity contribution in [1.82, 2.24) is 4.90 Å². The molecule has 0 unspecified atom stereocenters. The van der Waals surface area contributed by atoms with Gasteiger partial charge in [-0.1, -0.05) is 30.2 Å². The molecule has 1 atom stereocenters. The van der Waals surface area contributed by atoms with Gasteiger partial charge in [-0.15, -0.1) is 0 Å². The number of hydrogen-bond acceptors (Lipinski definition) is 4. The summed E-state index contributed by atoms with van der Waals surface area (Å²) in [5.74, 6) is -0.150. The number of rotatable bonds is 5. The maximum Gasteiger partial charge on any atom is 0.269 e. The van der Waals surface area contributed by atoms with Gasteiger partial charge in [0.2, 0.25) is 5.91 Å². The highest BCUT2D eigenvalue weighted by atomic mass is 35.5. The number of likely N-dealkylation sites (tertiary alicyclic amines) is 1. The van der Waals surface area contributed by atoms with E-state index in [-0.39, 0.29) is 11.6 Å². The van der Waals surface area contributed by atoms with Crippen LogP contribution >= 0.6 is 11.6 Å². The summed E-state index contributed by atoms with van der Waals surface area (Å²) < 4.78 is 0. The first-order valence-corrected chi connectivity index (χ1v) is 8.97. The summed E-state index contributed by atoms with van der Waals surface area (Å²) in [5, 5.41) is 14.4. The van der Waals surface area contributed by atoms with Crippen LogP contribution in [0.4, 0.5) is 11.4 Å². The van der Waals surface area contributed by atoms with Crippen molar-refractivity contribution >= 4 is 28.9 Å². The summed E-state index contributed by atoms with van der Waals surface area (Å²) in [6, 6.07) is 12.7. The minimum Gasteiger partial charge on any atom is -0.324 e. The highest BCUT2D eigenvalue weighted by Gasteiger charge is 2.29. The number of carbonyl (C=O) groups excluding carboxylic acids is 1. The van der Waals surface area contributed by atoms with Crippen molar-refractivity contribution in [3.63, 3.8) is 0 Å². The van der Waals surface area contributed by atoms with Gasteiger partial charge >= 0.3 is 0 Å². The fourth-order valence-electron chi connectivity index (χ4n) is 3.23. The van der Waals surface area contributed by atoms with E-state index >= 15 is 0 Å². The molecule has 0 aliphatic carbocycles. The maximum absolute atomic E-state index is 13.0. The average Bonchev–Trinajstić information content (AvgIpc) is 2.65. The maximum atomic E-state index is 13.0. The third-order valence-electron chi connectivity index (χ3n) is 4.54. The van der Waals surface area contributed by atoms with E-state index in [1.165, 1.54) is 12.1 Å². The van der Waals surface area contributed by atoms with Crippen LogP contribution in [0.3, 0.4) is 0 Å². The summed E-state index contributed by atoms with van der Waals surface area (Å²) >= 11 is 5.89. The van der Waals surface area contributed by atoms with Gasteiger partial charge in [0.1, 0.15) is 6.04 Å². The van der Waals surface area contributed by atoms with Crippen molar-refractivity contribution in [3.05, 3.63) is 69.2 Å². The number of benzene rings is 2. The Morgan fingerprint density at radius 2 is 1.65 bits per heavy atom. The number of nitrogens with zero attached hydrogens (tertiary/aromatic N) is 2. The highest BCUT2D eigenvalue weighted by Crippen LogP contribution is 2.28. The van der Waals surface area contributed by atoms with E-state index in [0.717, 1.165) is 37.9 Å². The molecule has 6 nitrogen and oxygen atoms in total. The Morgan fingerprint density at radius 1 is 1.04 bits per heavy atom. The third-order valence-corrected chi connectivity index (χ3v) is 4.79. The number of amides is 1. The molecule has 0 radical (unpaired) electrons. The summed E-state index contributed by atoms with van der Waals surface area (Å²) in [6.07, 6.45) is 3.23. The van der Waals surface area contributed by atoms with Crippen molar-refractivity contribution in [2.75, 3.05) is 18.4 Å². The molecule has 0 bridgehead atoms. The van der Waals surface area contributed by atoms with Crippen LogP contribution in [0.1, 0.15) is 30.9 Å². The van der Waals surface area contributed by atoms with E-state index in [9.17, 15) is 14.9 Å². The summed E-state index contributed by atoms with van der Waals surface area (Å²) in [5.41, 5.74) is 1.44. The number of anilines is 1. The van der Waals surface area contributed by atoms with E-state index in [1.54, 1.807) is 36.4 Å². The molecule has 26 heavy (non-hydrogen) atoms. The first-order valence-electron chi connectivity index (χ1n) is 8.59. The molecule has 3 rings (SSSR count). The number of piperidine rings is 1. The fourth-order valence-corrected chi connectivity index (χ4v) is 3.35. The number of carbonyl (C=O) groups is 1. The summed E-state index contributed by atoms with van der Waals surface area (Å²) in [7, 11) is 0. The number of nitro groups is 1. The van der Waals surface area contributed by atoms with Crippen molar-refractivity contribution in [3.8, 4) is 0 Å². The van der Waals surface area contributed by atoms with Crippen LogP contribution in [0.15, 0.2) is 48.5 Å². The number of non-ortho nitro benzene ring substituents is 1. The molecule has 1 fully saturated rings. The summed E-state index contributed by atoms with van der Waals surface area (Å²) in [6.45, 7) is 1.66. The van der Waals surface area contributed by atoms with E-state index in [0.29, 0.717) is 10.7 Å². The molecule has 1 saturated heterocycles. The lowest BCUT2D eigenvalue weighted by molar-refractivity contribution is -0.384. The molecule has 7 heteroatoms. The lowest BCUT2D eigenvalue weighted by Gasteiger charge is -2.33. The van der Waals surface area contributed by atoms with E-state index < -0.39 is 11.0 Å². The van der Waals surface area contributed by atoms with Gasteiger partial charge in [-0.3, -0.25) is 19.8 Å². The monoisotopic (exact) mass is 373 g/mol. The van der Waals surface area contributed by atoms with Crippen molar-refractivity contribution in [1.29, 1.82) is 0 Å². The normalized spacial score (nSPS) is 16.0. The van der Waals surface area contributed by atoms with Crippen LogP contribution in [0.25, 0.3) is 0 Å². The molecule has 1 N–H and O–H groups in total. The Bertz CT molecular complexity index is 772. The van der Waals surface area contributed by atoms with Gasteiger partial charge in [0.25, 0.3) is 5.69 Å². The zero-order valence-electron chi connectivity index (χ0n) is 14.2. The van der Waals surface area contributed by atoms with E-state index in [1.807, 2.05) is 0 Å². The Kier molecular flexibility index (Phi) is 5.85. The minimum atomic E-state index is -0.480. The third kappa shape index (κ3) is 4.39. The van der Waals surface area contributed by atoms with Gasteiger partial charge in [-0.05, 0) is 55.8 Å². The standard InChI is InChI=1S/C19H20ClN3O3/c20-15-6-8-16(9-7-15)21-19(24)18(22-12-2-1-3-13-22)14-4-10-17(11-5-14)23(25)26/h4-11,18H,1-3,12-13H2,(H,21,24)/t18-/m1/s1. The van der Waals surface area contributed by atoms with Crippen molar-refractivity contribution in [2.24, 2.45) is 0 Å². The van der Waals surface area contributed by atoms with Crippen LogP contribution in [-0.2, 0) is 4.79 Å². The Hall–Kier alpha value is -2.44. The lowest BCUT2D eigenvalue weighted by atomic mass is 10.0. The quantitative estimate of drug-likeness (QED) is 0.622. The Labute approximate surface area is 156 Å². The molecule has 2 aromatic carbocycles. The van der Waals surface area contributed by atoms with Gasteiger partial charge < -0.3 is 5.32 Å². The van der Waals surface area contributed by atoms with Gasteiger partial charge in [-0.2, -0.15) is 0 Å². The van der Waals surface area contributed by atoms with Crippen molar-refractivity contribution in [2.45, 2.75) is 25.3 Å². The second kappa shape index (κ2) is 8.29. The van der Waals surface area contributed by atoms with E-state index in [2.05, 4.69) is 10.2 Å². The SMILES string of the molecule is O=C(Nc1ccc(Cl)cc1)[C@@H](c1ccc([N+](=O)[O-])cc1)N1CCCCC1. The fraction of sp³-hybridized carbons (Fsp3) is 0.316. The minimum absolute atomic E-state index is 0.0178. The molecular weight excluding hydrogens is 354 g/mol. The van der Waals surface area contributed by atoms with E-state index in [4.69, 9.17) is 11.6 Å². The number of nitrogens with one attached hydrogen (secondary N) is 1. The predicted molar refractivity (Wildman–Crippen MR) is 101 cm³/mol. The second-order valence-electron chi connectivity index (χ2n) is 6.34. The summed E-state index contributed by atoms with van der Waals surface area (Å²) in [4.78, 5) is 25.6. The first kappa shape index (κ1) is 18.4. The Balaban J connectivity index is 1.85. The smallest absolute Gasteiger partial charge is 0.269 e. The van der Waals surface area contributed by atoms with Crippen LogP contribution in [0.2, 0.25) is 5.02 Å². The van der Waals surface area contributed by atoms with Gasteiger partial charge in [-0.25, -0.2) is 0 Å². The molecule has 1 aliphatic rings. The molecule has 136 valence electrons. The Morgan fingerprint density at radius 3 is 2.23 bits per heavy atom. The zero-order chi connectivity index (χ0) is 18.5. The van der Waals surface area contributed by atoms with Gasteiger partial charge in [0.15, 0.2) is 0 Å². The number of hydrogen-bond donors (Lipinski definition) is 1. The molecule has 0 spiro atoms. The largest absolute Gasteiger partial charge is 0.324 e. The molecular formula is C19H20ClN3O3. The highest BCUT2D eigenvalue weighted by molar-refractivity contribution is 6.30. The van der Waals surface area contributed by atoms with Crippen LogP contribution in [0, 0.1) is 10.1 Å². The van der Waals surface area contributed by atoms with Gasteiger partial charge in [0.05, 0.1) is 4.92 Å². The number of halogens is 1. The molecule has 0 saturated carbocycles. The molecule has 2 aromatic rings. The first-order chi connectivity index (χ1) is 12.5. The van der Waals surface area contributed by atoms with Crippen LogP contribution in [0.5, 0.6) is 0 Å². The predicted octanol–water partition coefficient (Wildman–Crippen LogP) is 4.41. The van der Waals surface area contributed by atoms with Gasteiger partial charge in [0, 0.05) is 22.8 Å². The number of nitro benzene ring substituents is 1. The molecule has 1 aliphatic heterocycles. The van der Waals surface area contributed by atoms with Crippen LogP contribution < -0.4 is 5.32 Å². The zero-order valence-corrected chi connectivity index (χ0v) is 15.0. The topological polar surface area (TPSA) is 75.5 Å². The molecule has 1 heterocycles. The second-order valence-corrected chi connectivity index (χ2v) is 6.78. The lowest BCUT2D eigenvalue weighted by Crippen LogP contribution is -2.40. The van der Waals surface area contributed by atoms with Crippen molar-refractivity contribution < 1.29 is 9.72 Å².